The molecule has 1 aliphatic heterocycles. The normalized spacial score (nSPS) is 24.6. The summed E-state index contributed by atoms with van der Waals surface area (Å²) in [5.41, 5.74) is 2.50. The third kappa shape index (κ3) is 2.44. The lowest BCUT2D eigenvalue weighted by Crippen LogP contribution is -2.36. The minimum atomic E-state index is 0.138. The van der Waals surface area contributed by atoms with E-state index in [9.17, 15) is 4.79 Å². The van der Waals surface area contributed by atoms with Crippen LogP contribution in [-0.2, 0) is 11.3 Å². The second-order valence-corrected chi connectivity index (χ2v) is 5.18. The average Bonchev–Trinajstić information content (AvgIpc) is 2.84. The summed E-state index contributed by atoms with van der Waals surface area (Å²) in [5, 5.41) is 10.5. The number of hydrogen-bond donors (Lipinski definition) is 2. The number of amides is 1. The van der Waals surface area contributed by atoms with Crippen molar-refractivity contribution < 1.29 is 4.79 Å². The molecular formula is C12H18N2OS. The van der Waals surface area contributed by atoms with Gasteiger partial charge in [0.2, 0.25) is 5.91 Å². The smallest absolute Gasteiger partial charge is 0.224 e. The van der Waals surface area contributed by atoms with Crippen LogP contribution in [0.4, 0.5) is 0 Å². The second-order valence-electron chi connectivity index (χ2n) is 4.44. The van der Waals surface area contributed by atoms with E-state index < -0.39 is 0 Å². The Balaban J connectivity index is 1.86. The molecule has 16 heavy (non-hydrogen) atoms. The molecule has 0 aromatic carbocycles. The largest absolute Gasteiger partial charge is 0.352 e. The molecule has 0 radical (unpaired) electrons. The predicted molar refractivity (Wildman–Crippen MR) is 66.5 cm³/mol. The zero-order valence-corrected chi connectivity index (χ0v) is 10.6. The van der Waals surface area contributed by atoms with Gasteiger partial charge in [-0.15, -0.1) is 0 Å². The van der Waals surface area contributed by atoms with E-state index >= 15 is 0 Å². The van der Waals surface area contributed by atoms with Gasteiger partial charge in [-0.3, -0.25) is 4.79 Å². The van der Waals surface area contributed by atoms with Gasteiger partial charge in [-0.25, -0.2) is 0 Å². The van der Waals surface area contributed by atoms with Crippen molar-refractivity contribution in [1.82, 2.24) is 10.6 Å². The lowest BCUT2D eigenvalue weighted by molar-refractivity contribution is -0.125. The molecule has 2 unspecified atom stereocenters. The number of aryl methyl sites for hydroxylation is 1. The summed E-state index contributed by atoms with van der Waals surface area (Å²) in [6, 6.07) is 0.309. The Labute approximate surface area is 100 Å². The maximum absolute atomic E-state index is 11.9. The van der Waals surface area contributed by atoms with Crippen molar-refractivity contribution in [2.75, 3.05) is 6.54 Å². The number of carbonyl (C=O) groups is 1. The van der Waals surface area contributed by atoms with Gasteiger partial charge < -0.3 is 10.6 Å². The fraction of sp³-hybridized carbons (Fsp3) is 0.583. The van der Waals surface area contributed by atoms with Gasteiger partial charge in [-0.2, -0.15) is 11.3 Å². The zero-order valence-electron chi connectivity index (χ0n) is 9.75. The summed E-state index contributed by atoms with van der Waals surface area (Å²) < 4.78 is 0. The molecule has 1 aromatic rings. The van der Waals surface area contributed by atoms with Crippen LogP contribution < -0.4 is 10.6 Å². The minimum Gasteiger partial charge on any atom is -0.352 e. The number of carbonyl (C=O) groups excluding carboxylic acids is 1. The van der Waals surface area contributed by atoms with Crippen LogP contribution in [0, 0.1) is 12.8 Å². The van der Waals surface area contributed by atoms with Gasteiger partial charge >= 0.3 is 0 Å². The molecule has 2 N–H and O–H groups in total. The van der Waals surface area contributed by atoms with Crippen LogP contribution in [0.1, 0.15) is 24.5 Å². The first-order valence-electron chi connectivity index (χ1n) is 5.71. The fourth-order valence-corrected chi connectivity index (χ4v) is 2.96. The highest BCUT2D eigenvalue weighted by Gasteiger charge is 2.28. The maximum atomic E-state index is 11.9. The minimum absolute atomic E-state index is 0.138. The van der Waals surface area contributed by atoms with E-state index in [0.717, 1.165) is 13.0 Å². The maximum Gasteiger partial charge on any atom is 0.224 e. The van der Waals surface area contributed by atoms with Crippen LogP contribution in [0.5, 0.6) is 0 Å². The Kier molecular flexibility index (Phi) is 3.61. The molecule has 0 saturated carbocycles. The topological polar surface area (TPSA) is 41.1 Å². The number of nitrogens with one attached hydrogen (secondary N) is 2. The Morgan fingerprint density at radius 2 is 2.44 bits per heavy atom. The van der Waals surface area contributed by atoms with E-state index in [0.29, 0.717) is 12.6 Å². The predicted octanol–water partition coefficient (Wildman–Crippen LogP) is 1.67. The van der Waals surface area contributed by atoms with E-state index in [1.807, 2.05) is 0 Å². The first-order chi connectivity index (χ1) is 7.68. The van der Waals surface area contributed by atoms with Crippen molar-refractivity contribution in [1.29, 1.82) is 0 Å². The van der Waals surface area contributed by atoms with Gasteiger partial charge in [0, 0.05) is 12.6 Å². The van der Waals surface area contributed by atoms with E-state index in [-0.39, 0.29) is 11.8 Å². The molecule has 1 aromatic heterocycles. The van der Waals surface area contributed by atoms with Crippen molar-refractivity contribution in [3.05, 3.63) is 21.9 Å². The Bertz CT molecular complexity index is 375. The van der Waals surface area contributed by atoms with Crippen LogP contribution in [0.3, 0.4) is 0 Å². The highest BCUT2D eigenvalue weighted by atomic mass is 32.1. The first-order valence-corrected chi connectivity index (χ1v) is 6.65. The van der Waals surface area contributed by atoms with Gasteiger partial charge in [0.15, 0.2) is 0 Å². The summed E-state index contributed by atoms with van der Waals surface area (Å²) in [4.78, 5) is 11.9. The highest BCUT2D eigenvalue weighted by molar-refractivity contribution is 7.08. The fourth-order valence-electron chi connectivity index (χ4n) is 2.10. The molecule has 1 fully saturated rings. The molecule has 1 aliphatic rings. The van der Waals surface area contributed by atoms with Crippen molar-refractivity contribution in [3.8, 4) is 0 Å². The summed E-state index contributed by atoms with van der Waals surface area (Å²) in [5.74, 6) is 0.321. The van der Waals surface area contributed by atoms with Gasteiger partial charge in [0.05, 0.1) is 5.92 Å². The van der Waals surface area contributed by atoms with Crippen molar-refractivity contribution >= 4 is 17.2 Å². The summed E-state index contributed by atoms with van der Waals surface area (Å²) in [6.45, 7) is 5.78. The van der Waals surface area contributed by atoms with Crippen LogP contribution in [-0.4, -0.2) is 18.5 Å². The summed E-state index contributed by atoms with van der Waals surface area (Å²) in [6.07, 6.45) is 0.954. The van der Waals surface area contributed by atoms with Gasteiger partial charge in [0.25, 0.3) is 0 Å². The molecule has 88 valence electrons. The average molecular weight is 238 g/mol. The van der Waals surface area contributed by atoms with E-state index in [4.69, 9.17) is 0 Å². The highest BCUT2D eigenvalue weighted by Crippen LogP contribution is 2.16. The molecule has 2 rings (SSSR count). The SMILES string of the molecule is Cc1cscc1CNC(=O)C1CCNC1C. The molecular weight excluding hydrogens is 220 g/mol. The zero-order chi connectivity index (χ0) is 11.5. The molecule has 0 aliphatic carbocycles. The van der Waals surface area contributed by atoms with Crippen LogP contribution in [0.2, 0.25) is 0 Å². The van der Waals surface area contributed by atoms with Crippen LogP contribution in [0.15, 0.2) is 10.8 Å². The Morgan fingerprint density at radius 1 is 1.62 bits per heavy atom. The lowest BCUT2D eigenvalue weighted by Gasteiger charge is -2.14. The molecule has 4 heteroatoms. The van der Waals surface area contributed by atoms with E-state index in [1.54, 1.807) is 11.3 Å². The molecule has 0 spiro atoms. The quantitative estimate of drug-likeness (QED) is 0.841. The molecule has 2 heterocycles. The molecule has 1 saturated heterocycles. The molecule has 3 nitrogen and oxygen atoms in total. The summed E-state index contributed by atoms with van der Waals surface area (Å²) >= 11 is 1.69. The number of thiophene rings is 1. The second kappa shape index (κ2) is 4.97. The van der Waals surface area contributed by atoms with Crippen LogP contribution in [0.25, 0.3) is 0 Å². The summed E-state index contributed by atoms with van der Waals surface area (Å²) in [7, 11) is 0. The van der Waals surface area contributed by atoms with Crippen molar-refractivity contribution in [2.24, 2.45) is 5.92 Å². The van der Waals surface area contributed by atoms with E-state index in [1.165, 1.54) is 11.1 Å². The number of hydrogen-bond acceptors (Lipinski definition) is 3. The Hall–Kier alpha value is -0.870. The third-order valence-corrected chi connectivity index (χ3v) is 4.19. The van der Waals surface area contributed by atoms with Gasteiger partial charge in [0.1, 0.15) is 0 Å². The monoisotopic (exact) mass is 238 g/mol. The molecule has 1 amide bonds. The van der Waals surface area contributed by atoms with E-state index in [2.05, 4.69) is 35.2 Å². The first kappa shape index (κ1) is 11.6. The van der Waals surface area contributed by atoms with Crippen molar-refractivity contribution in [3.63, 3.8) is 0 Å². The third-order valence-electron chi connectivity index (χ3n) is 3.28. The lowest BCUT2D eigenvalue weighted by atomic mass is 10.0. The van der Waals surface area contributed by atoms with Crippen molar-refractivity contribution in [2.45, 2.75) is 32.9 Å². The van der Waals surface area contributed by atoms with Crippen LogP contribution >= 0.6 is 11.3 Å². The van der Waals surface area contributed by atoms with Gasteiger partial charge in [-0.1, -0.05) is 0 Å². The molecule has 0 bridgehead atoms. The van der Waals surface area contributed by atoms with Gasteiger partial charge in [-0.05, 0) is 48.7 Å². The standard InChI is InChI=1S/C12H18N2OS/c1-8-6-16-7-10(8)5-14-12(15)11-3-4-13-9(11)2/h6-7,9,11,13H,3-5H2,1-2H3,(H,14,15). The number of rotatable bonds is 3. The Morgan fingerprint density at radius 3 is 3.00 bits per heavy atom. The molecule has 2 atom stereocenters.